The highest BCUT2D eigenvalue weighted by atomic mass is 16.1. The highest BCUT2D eigenvalue weighted by Gasteiger charge is 2.28. The quantitative estimate of drug-likeness (QED) is 0.514. The second-order valence-electron chi connectivity index (χ2n) is 6.95. The fourth-order valence-corrected chi connectivity index (χ4v) is 3.72. The molecule has 1 aromatic heterocycles. The average molecular weight is 366 g/mol. The van der Waals surface area contributed by atoms with E-state index in [2.05, 4.69) is 36.3 Å². The van der Waals surface area contributed by atoms with Crippen molar-refractivity contribution in [1.29, 1.82) is 0 Å². The number of anilines is 1. The lowest BCUT2D eigenvalue weighted by Gasteiger charge is -2.25. The Bertz CT molecular complexity index is 939. The van der Waals surface area contributed by atoms with Crippen LogP contribution in [0.4, 0.5) is 5.95 Å². The van der Waals surface area contributed by atoms with E-state index in [4.69, 9.17) is 5.73 Å². The third-order valence-corrected chi connectivity index (χ3v) is 5.35. The summed E-state index contributed by atoms with van der Waals surface area (Å²) in [5.74, 6) is 0.668. The molecule has 0 saturated carbocycles. The number of aryl methyl sites for hydroxylation is 1. The van der Waals surface area contributed by atoms with Gasteiger partial charge in [0.05, 0.1) is 0 Å². The maximum absolute atomic E-state index is 12.9. The van der Waals surface area contributed by atoms with Gasteiger partial charge in [-0.1, -0.05) is 55.8 Å². The second kappa shape index (κ2) is 7.92. The van der Waals surface area contributed by atoms with Crippen LogP contribution in [0.15, 0.2) is 48.5 Å². The van der Waals surface area contributed by atoms with Crippen LogP contribution in [0.2, 0.25) is 0 Å². The molecule has 2 aromatic carbocycles. The van der Waals surface area contributed by atoms with Crippen LogP contribution in [0.25, 0.3) is 11.0 Å². The van der Waals surface area contributed by atoms with E-state index in [1.807, 2.05) is 54.0 Å². The van der Waals surface area contributed by atoms with Crippen molar-refractivity contribution in [1.82, 2.24) is 9.47 Å². The number of nitrogens with two attached hydrogens (primary N) is 1. The number of carbonyl (C=O) groups is 1. The molecule has 5 nitrogen and oxygen atoms in total. The number of hydrogen-bond acceptors (Lipinski definition) is 3. The molecule has 3 rings (SSSR count). The van der Waals surface area contributed by atoms with Gasteiger partial charge in [-0.2, -0.15) is 0 Å². The molecule has 1 unspecified atom stereocenters. The molecule has 27 heavy (non-hydrogen) atoms. The Balaban J connectivity index is 2.04. The number of ketones is 1. The van der Waals surface area contributed by atoms with Crippen LogP contribution in [0.5, 0.6) is 0 Å². The van der Waals surface area contributed by atoms with Crippen LogP contribution < -0.4 is 10.3 Å². The maximum Gasteiger partial charge on any atom is 0.357 e. The first-order valence-electron chi connectivity index (χ1n) is 9.60. The van der Waals surface area contributed by atoms with Crippen molar-refractivity contribution in [3.8, 4) is 0 Å². The van der Waals surface area contributed by atoms with Crippen LogP contribution in [0, 0.1) is 6.92 Å². The summed E-state index contributed by atoms with van der Waals surface area (Å²) in [6, 6.07) is 15.8. The van der Waals surface area contributed by atoms with Gasteiger partial charge in [0.2, 0.25) is 0 Å². The Morgan fingerprint density at radius 1 is 1.11 bits per heavy atom. The van der Waals surface area contributed by atoms with Gasteiger partial charge in [0.25, 0.3) is 0 Å². The molecule has 1 heterocycles. The van der Waals surface area contributed by atoms with Crippen LogP contribution in [0.1, 0.15) is 42.9 Å². The number of carbonyl (C=O) groups excluding carboxylic acids is 1. The van der Waals surface area contributed by atoms with Crippen molar-refractivity contribution < 1.29 is 9.36 Å². The topological polar surface area (TPSA) is 55.1 Å². The fraction of sp³-hybridized carbons (Fsp3) is 0.364. The third-order valence-electron chi connectivity index (χ3n) is 5.35. The van der Waals surface area contributed by atoms with Crippen LogP contribution in [-0.4, -0.2) is 28.3 Å². The minimum atomic E-state index is 0.0603. The normalized spacial score (nSPS) is 12.6. The number of aromatic nitrogens is 2. The molecule has 5 heteroatoms. The van der Waals surface area contributed by atoms with Crippen molar-refractivity contribution in [3.05, 3.63) is 59.7 Å². The average Bonchev–Trinajstić information content (AvgIpc) is 2.95. The zero-order chi connectivity index (χ0) is 19.6. The summed E-state index contributed by atoms with van der Waals surface area (Å²) in [6.45, 7) is 10.6. The SMILES string of the molecule is CCN(CC)C(C)n1c(N)[n+](CC(=O)c2ccc(C)cc2)c2ccccc21. The highest BCUT2D eigenvalue weighted by molar-refractivity contribution is 5.95. The summed E-state index contributed by atoms with van der Waals surface area (Å²) >= 11 is 0. The number of Topliss-reactive ketones (excluding diaryl/α,β-unsaturated/α-hetero) is 1. The van der Waals surface area contributed by atoms with Crippen LogP contribution >= 0.6 is 0 Å². The van der Waals surface area contributed by atoms with Crippen molar-refractivity contribution in [2.45, 2.75) is 40.4 Å². The number of imidazole rings is 1. The summed E-state index contributed by atoms with van der Waals surface area (Å²) in [4.78, 5) is 15.2. The van der Waals surface area contributed by atoms with E-state index < -0.39 is 0 Å². The number of benzene rings is 2. The Morgan fingerprint density at radius 2 is 1.74 bits per heavy atom. The first-order chi connectivity index (χ1) is 13.0. The van der Waals surface area contributed by atoms with E-state index in [1.165, 1.54) is 0 Å². The maximum atomic E-state index is 12.9. The van der Waals surface area contributed by atoms with Gasteiger partial charge in [0.1, 0.15) is 23.7 Å². The van der Waals surface area contributed by atoms with Gasteiger partial charge >= 0.3 is 5.95 Å². The molecule has 0 bridgehead atoms. The molecule has 0 aliphatic rings. The number of para-hydroxylation sites is 2. The monoisotopic (exact) mass is 365 g/mol. The van der Waals surface area contributed by atoms with Gasteiger partial charge in [0, 0.05) is 5.56 Å². The number of hydrogen-bond donors (Lipinski definition) is 1. The molecule has 0 amide bonds. The molecular formula is C22H29N4O+. The lowest BCUT2D eigenvalue weighted by molar-refractivity contribution is -0.643. The number of fused-ring (bicyclic) bond motifs is 1. The lowest BCUT2D eigenvalue weighted by atomic mass is 10.1. The molecule has 142 valence electrons. The van der Waals surface area contributed by atoms with Crippen molar-refractivity contribution >= 4 is 22.8 Å². The predicted octanol–water partition coefficient (Wildman–Crippen LogP) is 3.56. The van der Waals surface area contributed by atoms with Crippen molar-refractivity contribution in [2.75, 3.05) is 18.8 Å². The van der Waals surface area contributed by atoms with Gasteiger partial charge in [0.15, 0.2) is 5.78 Å². The number of nitrogen functional groups attached to an aromatic ring is 1. The van der Waals surface area contributed by atoms with Gasteiger partial charge in [-0.25, -0.2) is 9.13 Å². The van der Waals surface area contributed by atoms with E-state index in [1.54, 1.807) is 0 Å². The molecule has 1 atom stereocenters. The third kappa shape index (κ3) is 3.60. The van der Waals surface area contributed by atoms with Crippen molar-refractivity contribution in [3.63, 3.8) is 0 Å². The number of nitrogens with zero attached hydrogens (tertiary/aromatic N) is 3. The number of rotatable bonds is 7. The van der Waals surface area contributed by atoms with Gasteiger partial charge in [-0.05, 0) is 39.1 Å². The fourth-order valence-electron chi connectivity index (χ4n) is 3.72. The summed E-state index contributed by atoms with van der Waals surface area (Å²) in [5, 5.41) is 0. The molecule has 0 aliphatic carbocycles. The summed E-state index contributed by atoms with van der Waals surface area (Å²) < 4.78 is 4.06. The predicted molar refractivity (Wildman–Crippen MR) is 110 cm³/mol. The van der Waals surface area contributed by atoms with Gasteiger partial charge < -0.3 is 0 Å². The Hall–Kier alpha value is -2.66. The first kappa shape index (κ1) is 19.1. The highest BCUT2D eigenvalue weighted by Crippen LogP contribution is 2.24. The standard InChI is InChI=1S/C22H28N4O/c1-5-24(6-2)17(4)26-20-10-8-7-9-19(20)25(22(26)23)15-21(27)18-13-11-16(3)12-14-18/h7-14,17,23H,5-6,15H2,1-4H3/p+1. The molecule has 2 N–H and O–H groups in total. The molecule has 0 radical (unpaired) electrons. The van der Waals surface area contributed by atoms with E-state index >= 15 is 0 Å². The van der Waals surface area contributed by atoms with E-state index in [0.29, 0.717) is 11.5 Å². The van der Waals surface area contributed by atoms with Crippen LogP contribution in [0.3, 0.4) is 0 Å². The zero-order valence-corrected chi connectivity index (χ0v) is 16.6. The summed E-state index contributed by atoms with van der Waals surface area (Å²) in [6.07, 6.45) is 0.112. The second-order valence-corrected chi connectivity index (χ2v) is 6.95. The van der Waals surface area contributed by atoms with E-state index in [-0.39, 0.29) is 18.5 Å². The largest absolute Gasteiger partial charge is 0.357 e. The smallest absolute Gasteiger partial charge is 0.291 e. The van der Waals surface area contributed by atoms with E-state index in [0.717, 1.165) is 29.7 Å². The molecule has 0 spiro atoms. The van der Waals surface area contributed by atoms with Crippen LogP contribution in [-0.2, 0) is 6.54 Å². The first-order valence-corrected chi connectivity index (χ1v) is 9.60. The lowest BCUT2D eigenvalue weighted by Crippen LogP contribution is -2.41. The van der Waals surface area contributed by atoms with Gasteiger partial charge in [-0.3, -0.25) is 15.4 Å². The molecule has 0 saturated heterocycles. The van der Waals surface area contributed by atoms with E-state index in [9.17, 15) is 4.79 Å². The molecule has 0 aliphatic heterocycles. The Labute approximate surface area is 161 Å². The molecular weight excluding hydrogens is 336 g/mol. The molecule has 3 aromatic rings. The summed E-state index contributed by atoms with van der Waals surface area (Å²) in [5.41, 5.74) is 10.4. The zero-order valence-electron chi connectivity index (χ0n) is 16.6. The molecule has 0 fully saturated rings. The summed E-state index contributed by atoms with van der Waals surface area (Å²) in [7, 11) is 0. The Kier molecular flexibility index (Phi) is 5.61. The minimum Gasteiger partial charge on any atom is -0.291 e. The van der Waals surface area contributed by atoms with Gasteiger partial charge in [-0.15, -0.1) is 0 Å². The van der Waals surface area contributed by atoms with Crippen molar-refractivity contribution in [2.24, 2.45) is 0 Å². The Morgan fingerprint density at radius 3 is 2.37 bits per heavy atom. The minimum absolute atomic E-state index is 0.0603.